The largest absolute Gasteiger partial charge is 0.481 e. The molecule has 0 amide bonds. The van der Waals surface area contributed by atoms with Gasteiger partial charge in [-0.1, -0.05) is 6.07 Å². The molecule has 0 aromatic heterocycles. The van der Waals surface area contributed by atoms with E-state index in [0.717, 1.165) is 0 Å². The van der Waals surface area contributed by atoms with Crippen molar-refractivity contribution in [3.8, 4) is 0 Å². The molecule has 0 radical (unpaired) electrons. The fourth-order valence-corrected chi connectivity index (χ4v) is 1.11. The van der Waals surface area contributed by atoms with Crippen LogP contribution in [0.15, 0.2) is 18.2 Å². The van der Waals surface area contributed by atoms with Crippen molar-refractivity contribution in [3.05, 3.63) is 35.1 Å². The lowest BCUT2D eigenvalue weighted by atomic mass is 10.1. The molecule has 13 heavy (non-hydrogen) atoms. The van der Waals surface area contributed by atoms with E-state index in [1.807, 2.05) is 0 Å². The van der Waals surface area contributed by atoms with Crippen LogP contribution in [0.2, 0.25) is 0 Å². The number of carboxylic acid groups (broad SMARTS) is 1. The standard InChI is InChI=1S/C9H10FNO2/c10-8-2-6(4-9(12)13)1-7(3-8)5-11/h1-3H,4-5,11H2,(H,12,13). The fraction of sp³-hybridized carbons (Fsp3) is 0.222. The number of hydrogen-bond donors (Lipinski definition) is 2. The Balaban J connectivity index is 2.94. The van der Waals surface area contributed by atoms with Crippen molar-refractivity contribution in [1.82, 2.24) is 0 Å². The van der Waals surface area contributed by atoms with Gasteiger partial charge in [-0.2, -0.15) is 0 Å². The summed E-state index contributed by atoms with van der Waals surface area (Å²) in [5.74, 6) is -1.42. The minimum absolute atomic E-state index is 0.176. The van der Waals surface area contributed by atoms with Crippen LogP contribution in [0.5, 0.6) is 0 Å². The molecule has 0 aliphatic carbocycles. The summed E-state index contributed by atoms with van der Waals surface area (Å²) >= 11 is 0. The van der Waals surface area contributed by atoms with Gasteiger partial charge in [0.2, 0.25) is 0 Å². The van der Waals surface area contributed by atoms with Crippen LogP contribution in [0.4, 0.5) is 4.39 Å². The number of rotatable bonds is 3. The maximum Gasteiger partial charge on any atom is 0.307 e. The van der Waals surface area contributed by atoms with E-state index in [2.05, 4.69) is 0 Å². The first-order valence-electron chi connectivity index (χ1n) is 3.82. The van der Waals surface area contributed by atoms with E-state index in [-0.39, 0.29) is 13.0 Å². The summed E-state index contributed by atoms with van der Waals surface area (Å²) in [7, 11) is 0. The SMILES string of the molecule is NCc1cc(F)cc(CC(=O)O)c1. The molecule has 1 rings (SSSR count). The van der Waals surface area contributed by atoms with Crippen molar-refractivity contribution in [3.63, 3.8) is 0 Å². The van der Waals surface area contributed by atoms with Crippen LogP contribution in [-0.2, 0) is 17.8 Å². The van der Waals surface area contributed by atoms with Crippen molar-refractivity contribution in [2.45, 2.75) is 13.0 Å². The second-order valence-electron chi connectivity index (χ2n) is 2.74. The molecule has 0 atom stereocenters. The predicted molar refractivity (Wildman–Crippen MR) is 45.6 cm³/mol. The Morgan fingerprint density at radius 3 is 2.54 bits per heavy atom. The molecule has 1 aromatic carbocycles. The molecule has 70 valence electrons. The van der Waals surface area contributed by atoms with Gasteiger partial charge in [0.25, 0.3) is 0 Å². The van der Waals surface area contributed by atoms with E-state index in [9.17, 15) is 9.18 Å². The maximum atomic E-state index is 12.8. The number of benzene rings is 1. The van der Waals surface area contributed by atoms with Gasteiger partial charge in [0.1, 0.15) is 5.82 Å². The van der Waals surface area contributed by atoms with Gasteiger partial charge in [0, 0.05) is 6.54 Å². The van der Waals surface area contributed by atoms with Crippen molar-refractivity contribution in [2.24, 2.45) is 5.73 Å². The number of carboxylic acids is 1. The average molecular weight is 183 g/mol. The van der Waals surface area contributed by atoms with Crippen molar-refractivity contribution >= 4 is 5.97 Å². The van der Waals surface area contributed by atoms with Gasteiger partial charge in [-0.15, -0.1) is 0 Å². The third kappa shape index (κ3) is 2.83. The molecule has 0 unspecified atom stereocenters. The Morgan fingerprint density at radius 2 is 2.00 bits per heavy atom. The fourth-order valence-electron chi connectivity index (χ4n) is 1.11. The Morgan fingerprint density at radius 1 is 1.38 bits per heavy atom. The lowest BCUT2D eigenvalue weighted by molar-refractivity contribution is -0.136. The molecule has 0 saturated carbocycles. The summed E-state index contributed by atoms with van der Waals surface area (Å²) in [6, 6.07) is 4.09. The second-order valence-corrected chi connectivity index (χ2v) is 2.74. The maximum absolute atomic E-state index is 12.8. The molecule has 0 aliphatic rings. The molecule has 4 heteroatoms. The highest BCUT2D eigenvalue weighted by molar-refractivity contribution is 5.70. The summed E-state index contributed by atoms with van der Waals surface area (Å²) in [5.41, 5.74) is 6.35. The number of nitrogens with two attached hydrogens (primary N) is 1. The Kier molecular flexibility index (Phi) is 2.97. The minimum atomic E-state index is -0.978. The van der Waals surface area contributed by atoms with Crippen LogP contribution in [0.3, 0.4) is 0 Å². The van der Waals surface area contributed by atoms with Gasteiger partial charge in [-0.25, -0.2) is 4.39 Å². The molecule has 1 aromatic rings. The highest BCUT2D eigenvalue weighted by Gasteiger charge is 2.03. The lowest BCUT2D eigenvalue weighted by Crippen LogP contribution is -2.03. The molecule has 3 nitrogen and oxygen atoms in total. The third-order valence-electron chi connectivity index (χ3n) is 1.61. The monoisotopic (exact) mass is 183 g/mol. The highest BCUT2D eigenvalue weighted by Crippen LogP contribution is 2.09. The van der Waals surface area contributed by atoms with Crippen LogP contribution in [-0.4, -0.2) is 11.1 Å². The van der Waals surface area contributed by atoms with Gasteiger partial charge in [0.15, 0.2) is 0 Å². The summed E-state index contributed by atoms with van der Waals surface area (Å²) in [5, 5.41) is 8.47. The van der Waals surface area contributed by atoms with Crippen LogP contribution in [0.1, 0.15) is 11.1 Å². The molecule has 0 saturated heterocycles. The van der Waals surface area contributed by atoms with E-state index in [1.54, 1.807) is 6.07 Å². The lowest BCUT2D eigenvalue weighted by Gasteiger charge is -2.01. The third-order valence-corrected chi connectivity index (χ3v) is 1.61. The van der Waals surface area contributed by atoms with Gasteiger partial charge >= 0.3 is 5.97 Å². The Bertz CT molecular complexity index is 325. The summed E-state index contributed by atoms with van der Waals surface area (Å²) < 4.78 is 12.8. The van der Waals surface area contributed by atoms with Crippen molar-refractivity contribution in [2.75, 3.05) is 0 Å². The van der Waals surface area contributed by atoms with Crippen LogP contribution >= 0.6 is 0 Å². The highest BCUT2D eigenvalue weighted by atomic mass is 19.1. The van der Waals surface area contributed by atoms with Gasteiger partial charge in [-0.3, -0.25) is 4.79 Å². The van der Waals surface area contributed by atoms with E-state index in [1.165, 1.54) is 12.1 Å². The average Bonchev–Trinajstić information content (AvgIpc) is 2.01. The van der Waals surface area contributed by atoms with Crippen LogP contribution in [0, 0.1) is 5.82 Å². The summed E-state index contributed by atoms with van der Waals surface area (Å²) in [4.78, 5) is 10.3. The van der Waals surface area contributed by atoms with Crippen LogP contribution < -0.4 is 5.73 Å². The van der Waals surface area contributed by atoms with Crippen molar-refractivity contribution in [1.29, 1.82) is 0 Å². The molecule has 0 bridgehead atoms. The summed E-state index contributed by atoms with van der Waals surface area (Å²) in [6.07, 6.45) is -0.176. The number of hydrogen-bond acceptors (Lipinski definition) is 2. The van der Waals surface area contributed by atoms with Crippen LogP contribution in [0.25, 0.3) is 0 Å². The first-order chi connectivity index (χ1) is 6.11. The minimum Gasteiger partial charge on any atom is -0.481 e. The first kappa shape index (κ1) is 9.67. The Hall–Kier alpha value is -1.42. The predicted octanol–water partition coefficient (Wildman–Crippen LogP) is 0.911. The molecule has 0 heterocycles. The van der Waals surface area contributed by atoms with E-state index in [0.29, 0.717) is 11.1 Å². The smallest absolute Gasteiger partial charge is 0.307 e. The number of aliphatic carboxylic acids is 1. The Labute approximate surface area is 75.0 Å². The second kappa shape index (κ2) is 4.00. The van der Waals surface area contributed by atoms with Crippen molar-refractivity contribution < 1.29 is 14.3 Å². The first-order valence-corrected chi connectivity index (χ1v) is 3.82. The van der Waals surface area contributed by atoms with E-state index in [4.69, 9.17) is 10.8 Å². The van der Waals surface area contributed by atoms with E-state index >= 15 is 0 Å². The molecular formula is C9H10FNO2. The number of carbonyl (C=O) groups is 1. The van der Waals surface area contributed by atoms with Gasteiger partial charge in [0.05, 0.1) is 6.42 Å². The van der Waals surface area contributed by atoms with Gasteiger partial charge in [-0.05, 0) is 23.3 Å². The molecular weight excluding hydrogens is 173 g/mol. The van der Waals surface area contributed by atoms with Gasteiger partial charge < -0.3 is 10.8 Å². The quantitative estimate of drug-likeness (QED) is 0.732. The zero-order chi connectivity index (χ0) is 9.84. The zero-order valence-electron chi connectivity index (χ0n) is 6.96. The normalized spacial score (nSPS) is 10.0. The molecule has 0 fully saturated rings. The zero-order valence-corrected chi connectivity index (χ0v) is 6.96. The summed E-state index contributed by atoms with van der Waals surface area (Å²) in [6.45, 7) is 0.213. The topological polar surface area (TPSA) is 63.3 Å². The van der Waals surface area contributed by atoms with E-state index < -0.39 is 11.8 Å². The molecule has 3 N–H and O–H groups in total. The molecule has 0 aliphatic heterocycles. The number of halogens is 1. The molecule has 0 spiro atoms.